The lowest BCUT2D eigenvalue weighted by Gasteiger charge is -2.11. The summed E-state index contributed by atoms with van der Waals surface area (Å²) in [6.45, 7) is 4.98. The van der Waals surface area contributed by atoms with Gasteiger partial charge in [-0.1, -0.05) is 0 Å². The van der Waals surface area contributed by atoms with Crippen molar-refractivity contribution in [3.8, 4) is 17.2 Å². The third-order valence-electron chi connectivity index (χ3n) is 2.36. The molecule has 0 saturated carbocycles. The van der Waals surface area contributed by atoms with Crippen molar-refractivity contribution in [2.75, 3.05) is 13.2 Å². The first-order valence-electron chi connectivity index (χ1n) is 5.63. The van der Waals surface area contributed by atoms with Crippen LogP contribution in [0.1, 0.15) is 13.8 Å². The summed E-state index contributed by atoms with van der Waals surface area (Å²) in [4.78, 5) is 4.19. The summed E-state index contributed by atoms with van der Waals surface area (Å²) in [6, 6.07) is 5.30. The van der Waals surface area contributed by atoms with Gasteiger partial charge in [-0.15, -0.1) is 0 Å². The summed E-state index contributed by atoms with van der Waals surface area (Å²) < 4.78 is 11.0. The minimum Gasteiger partial charge on any atom is -0.506 e. The Morgan fingerprint density at radius 3 is 2.47 bits per heavy atom. The number of hydrogen-bond donors (Lipinski definition) is 1. The summed E-state index contributed by atoms with van der Waals surface area (Å²) in [5.74, 6) is 1.52. The molecule has 0 bridgehead atoms. The summed E-state index contributed by atoms with van der Waals surface area (Å²) in [6.07, 6.45) is 1.40. The predicted molar refractivity (Wildman–Crippen MR) is 65.7 cm³/mol. The van der Waals surface area contributed by atoms with Crippen LogP contribution in [0.4, 0.5) is 0 Å². The van der Waals surface area contributed by atoms with Crippen molar-refractivity contribution in [3.05, 3.63) is 24.4 Å². The number of fused-ring (bicyclic) bond motifs is 1. The lowest BCUT2D eigenvalue weighted by molar-refractivity contribution is 0.336. The zero-order valence-corrected chi connectivity index (χ0v) is 9.93. The van der Waals surface area contributed by atoms with E-state index in [2.05, 4.69) is 4.98 Å². The van der Waals surface area contributed by atoms with E-state index in [9.17, 15) is 5.11 Å². The predicted octanol–water partition coefficient (Wildman–Crippen LogP) is 2.74. The molecule has 90 valence electrons. The summed E-state index contributed by atoms with van der Waals surface area (Å²) in [7, 11) is 0. The molecule has 4 heteroatoms. The second kappa shape index (κ2) is 4.91. The van der Waals surface area contributed by atoms with E-state index < -0.39 is 0 Å². The zero-order valence-electron chi connectivity index (χ0n) is 9.93. The molecule has 1 N–H and O–H groups in total. The summed E-state index contributed by atoms with van der Waals surface area (Å²) in [5.41, 5.74) is 0.704. The first kappa shape index (κ1) is 11.5. The molecule has 0 amide bonds. The van der Waals surface area contributed by atoms with Crippen LogP contribution in [-0.2, 0) is 0 Å². The van der Waals surface area contributed by atoms with Crippen LogP contribution >= 0.6 is 0 Å². The fourth-order valence-electron chi connectivity index (χ4n) is 1.71. The normalized spacial score (nSPS) is 10.5. The van der Waals surface area contributed by atoms with Gasteiger partial charge in [0.2, 0.25) is 0 Å². The van der Waals surface area contributed by atoms with E-state index in [1.54, 1.807) is 6.07 Å². The Morgan fingerprint density at radius 2 is 1.76 bits per heavy atom. The minimum atomic E-state index is 0.118. The molecule has 17 heavy (non-hydrogen) atoms. The van der Waals surface area contributed by atoms with Crippen LogP contribution < -0.4 is 9.47 Å². The quantitative estimate of drug-likeness (QED) is 0.882. The lowest BCUT2D eigenvalue weighted by Crippen LogP contribution is -1.97. The topological polar surface area (TPSA) is 51.6 Å². The van der Waals surface area contributed by atoms with Crippen molar-refractivity contribution in [1.29, 1.82) is 0 Å². The molecule has 1 heterocycles. The number of pyridine rings is 1. The third kappa shape index (κ3) is 2.25. The fourth-order valence-corrected chi connectivity index (χ4v) is 1.71. The molecule has 1 aromatic carbocycles. The Morgan fingerprint density at radius 1 is 1.12 bits per heavy atom. The van der Waals surface area contributed by atoms with Crippen LogP contribution in [0, 0.1) is 0 Å². The molecule has 0 radical (unpaired) electrons. The molecule has 1 aromatic heterocycles. The third-order valence-corrected chi connectivity index (χ3v) is 2.36. The van der Waals surface area contributed by atoms with E-state index in [1.165, 1.54) is 6.20 Å². The standard InChI is InChI=1S/C13H15NO3/c1-3-16-11-5-6-12(17-4-2)13-10(11)7-9(15)8-14-13/h5-8,15H,3-4H2,1-2H3. The van der Waals surface area contributed by atoms with E-state index in [0.29, 0.717) is 30.2 Å². The van der Waals surface area contributed by atoms with Crippen LogP contribution in [0.3, 0.4) is 0 Å². The number of ether oxygens (including phenoxy) is 2. The molecule has 0 fully saturated rings. The highest BCUT2D eigenvalue weighted by atomic mass is 16.5. The average molecular weight is 233 g/mol. The molecule has 0 unspecified atom stereocenters. The maximum atomic E-state index is 9.48. The Labute approximate surface area is 99.8 Å². The first-order chi connectivity index (χ1) is 8.26. The maximum Gasteiger partial charge on any atom is 0.145 e. The first-order valence-corrected chi connectivity index (χ1v) is 5.63. The van der Waals surface area contributed by atoms with Gasteiger partial charge in [-0.25, -0.2) is 4.98 Å². The van der Waals surface area contributed by atoms with E-state index in [4.69, 9.17) is 9.47 Å². The minimum absolute atomic E-state index is 0.118. The van der Waals surface area contributed by atoms with Gasteiger partial charge in [0, 0.05) is 5.39 Å². The second-order valence-electron chi connectivity index (χ2n) is 3.52. The van der Waals surface area contributed by atoms with Crippen LogP contribution in [0.25, 0.3) is 10.9 Å². The van der Waals surface area contributed by atoms with Gasteiger partial charge in [-0.2, -0.15) is 0 Å². The molecule has 0 aliphatic carbocycles. The van der Waals surface area contributed by atoms with Crippen molar-refractivity contribution in [3.63, 3.8) is 0 Å². The SMILES string of the molecule is CCOc1ccc(OCC)c2ncc(O)cc12. The summed E-state index contributed by atoms with van der Waals surface area (Å²) in [5, 5.41) is 10.2. The Kier molecular flexibility index (Phi) is 3.32. The molecule has 0 aliphatic heterocycles. The van der Waals surface area contributed by atoms with Gasteiger partial charge in [-0.3, -0.25) is 0 Å². The number of aromatic nitrogens is 1. The lowest BCUT2D eigenvalue weighted by atomic mass is 10.2. The molecule has 4 nitrogen and oxygen atoms in total. The van der Waals surface area contributed by atoms with Crippen molar-refractivity contribution >= 4 is 10.9 Å². The van der Waals surface area contributed by atoms with Crippen LogP contribution in [0.15, 0.2) is 24.4 Å². The number of hydrogen-bond acceptors (Lipinski definition) is 4. The van der Waals surface area contributed by atoms with Gasteiger partial charge in [0.25, 0.3) is 0 Å². The summed E-state index contributed by atoms with van der Waals surface area (Å²) >= 11 is 0. The molecular weight excluding hydrogens is 218 g/mol. The molecule has 2 rings (SSSR count). The van der Waals surface area contributed by atoms with Gasteiger partial charge in [0.05, 0.1) is 19.4 Å². The number of rotatable bonds is 4. The van der Waals surface area contributed by atoms with E-state index in [0.717, 1.165) is 5.39 Å². The average Bonchev–Trinajstić information content (AvgIpc) is 2.32. The van der Waals surface area contributed by atoms with Crippen LogP contribution in [-0.4, -0.2) is 23.3 Å². The van der Waals surface area contributed by atoms with E-state index in [1.807, 2.05) is 26.0 Å². The molecule has 2 aromatic rings. The highest BCUT2D eigenvalue weighted by molar-refractivity contribution is 5.90. The zero-order chi connectivity index (χ0) is 12.3. The molecule has 0 atom stereocenters. The van der Waals surface area contributed by atoms with Crippen molar-refractivity contribution in [2.24, 2.45) is 0 Å². The van der Waals surface area contributed by atoms with Gasteiger partial charge in [0.15, 0.2) is 0 Å². The number of benzene rings is 1. The van der Waals surface area contributed by atoms with Crippen LogP contribution in [0.2, 0.25) is 0 Å². The van der Waals surface area contributed by atoms with Crippen LogP contribution in [0.5, 0.6) is 17.2 Å². The number of aromatic hydroxyl groups is 1. The maximum absolute atomic E-state index is 9.48. The Bertz CT molecular complexity index is 525. The van der Waals surface area contributed by atoms with Crippen molar-refractivity contribution in [1.82, 2.24) is 4.98 Å². The highest BCUT2D eigenvalue weighted by Gasteiger charge is 2.09. The smallest absolute Gasteiger partial charge is 0.145 e. The molecule has 0 spiro atoms. The fraction of sp³-hybridized carbons (Fsp3) is 0.308. The van der Waals surface area contributed by atoms with E-state index in [-0.39, 0.29) is 5.75 Å². The van der Waals surface area contributed by atoms with Gasteiger partial charge in [-0.05, 0) is 32.0 Å². The Hall–Kier alpha value is -1.97. The molecule has 0 aliphatic rings. The Balaban J connectivity index is 2.62. The molecule has 0 saturated heterocycles. The number of nitrogens with zero attached hydrogens (tertiary/aromatic N) is 1. The van der Waals surface area contributed by atoms with Crippen molar-refractivity contribution in [2.45, 2.75) is 13.8 Å². The highest BCUT2D eigenvalue weighted by Crippen LogP contribution is 2.33. The van der Waals surface area contributed by atoms with Gasteiger partial charge < -0.3 is 14.6 Å². The largest absolute Gasteiger partial charge is 0.506 e. The molecular formula is C13H15NO3. The monoisotopic (exact) mass is 233 g/mol. The van der Waals surface area contributed by atoms with E-state index >= 15 is 0 Å². The van der Waals surface area contributed by atoms with Gasteiger partial charge in [0.1, 0.15) is 22.8 Å². The second-order valence-corrected chi connectivity index (χ2v) is 3.52. The van der Waals surface area contributed by atoms with Gasteiger partial charge >= 0.3 is 0 Å². The van der Waals surface area contributed by atoms with Crippen molar-refractivity contribution < 1.29 is 14.6 Å².